The van der Waals surface area contributed by atoms with Crippen LogP contribution in [0.25, 0.3) is 0 Å². The van der Waals surface area contributed by atoms with E-state index in [2.05, 4.69) is 51.1 Å². The van der Waals surface area contributed by atoms with Crippen LogP contribution >= 0.6 is 0 Å². The lowest BCUT2D eigenvalue weighted by atomic mass is 9.87. The number of rotatable bonds is 1. The predicted octanol–water partition coefficient (Wildman–Crippen LogP) is 3.37. The number of carboxylic acids is 1. The number of ketones is 1. The first-order valence-electron chi connectivity index (χ1n) is 6.49. The van der Waals surface area contributed by atoms with E-state index in [1.54, 1.807) is 6.08 Å². The maximum atomic E-state index is 10.7. The van der Waals surface area contributed by atoms with Crippen molar-refractivity contribution >= 4 is 11.8 Å². The van der Waals surface area contributed by atoms with Crippen LogP contribution in [0.3, 0.4) is 0 Å². The molecule has 0 saturated carbocycles. The van der Waals surface area contributed by atoms with Gasteiger partial charge in [-0.25, -0.2) is 0 Å². The van der Waals surface area contributed by atoms with Crippen molar-refractivity contribution in [2.75, 3.05) is 0 Å². The predicted molar refractivity (Wildman–Crippen MR) is 79.6 cm³/mol. The van der Waals surface area contributed by atoms with E-state index < -0.39 is 11.9 Å². The van der Waals surface area contributed by atoms with Crippen LogP contribution in [0, 0.1) is 5.92 Å². The summed E-state index contributed by atoms with van der Waals surface area (Å²) >= 11 is 0. The molecule has 0 heterocycles. The second-order valence-electron chi connectivity index (χ2n) is 5.58. The molecule has 1 unspecified atom stereocenters. The molecule has 0 bridgehead atoms. The average molecular weight is 272 g/mol. The number of allylic oxidation sites excluding steroid dienone is 3. The van der Waals surface area contributed by atoms with Gasteiger partial charge in [0, 0.05) is 0 Å². The lowest BCUT2D eigenvalue weighted by molar-refractivity contribution is -0.143. The molecule has 0 amide bonds. The smallest absolute Gasteiger partial charge is 0.318 e. The van der Waals surface area contributed by atoms with Gasteiger partial charge in [0.05, 0.1) is 0 Å². The van der Waals surface area contributed by atoms with Gasteiger partial charge in [0.25, 0.3) is 0 Å². The van der Waals surface area contributed by atoms with Crippen molar-refractivity contribution in [2.24, 2.45) is 5.92 Å². The summed E-state index contributed by atoms with van der Waals surface area (Å²) in [6.45, 7) is 6.67. The standard InChI is InChI=1S/C10H14.C7H6O3/c1-10(2,3)9-7-5-4-6-8-9;8-6-4-2-1-3-5(6)7(9)10/h4-8H,1-3H3;1-5H,(H,9,10). The SMILES string of the molecule is CC(C)(C)c1ccccc1.O=C(O)C1C=CC=CC1=O. The summed E-state index contributed by atoms with van der Waals surface area (Å²) in [6, 6.07) is 10.6. The number of aliphatic carboxylic acids is 1. The van der Waals surface area contributed by atoms with E-state index in [-0.39, 0.29) is 5.78 Å². The summed E-state index contributed by atoms with van der Waals surface area (Å²) < 4.78 is 0. The Hall–Kier alpha value is -2.16. The van der Waals surface area contributed by atoms with Crippen molar-refractivity contribution in [3.8, 4) is 0 Å². The van der Waals surface area contributed by atoms with Crippen LogP contribution in [0.2, 0.25) is 0 Å². The molecule has 1 atom stereocenters. The minimum Gasteiger partial charge on any atom is -0.480 e. The number of carboxylic acid groups (broad SMARTS) is 1. The number of hydrogen-bond acceptors (Lipinski definition) is 2. The Morgan fingerprint density at radius 3 is 2.05 bits per heavy atom. The van der Waals surface area contributed by atoms with E-state index >= 15 is 0 Å². The first-order valence-corrected chi connectivity index (χ1v) is 6.49. The zero-order valence-corrected chi connectivity index (χ0v) is 12.0. The highest BCUT2D eigenvalue weighted by Gasteiger charge is 2.21. The largest absolute Gasteiger partial charge is 0.480 e. The molecule has 1 aliphatic rings. The second-order valence-corrected chi connectivity index (χ2v) is 5.58. The highest BCUT2D eigenvalue weighted by atomic mass is 16.4. The summed E-state index contributed by atoms with van der Waals surface area (Å²) in [6.07, 6.45) is 5.71. The van der Waals surface area contributed by atoms with Crippen molar-refractivity contribution in [1.82, 2.24) is 0 Å². The quantitative estimate of drug-likeness (QED) is 0.797. The molecule has 1 aromatic carbocycles. The zero-order valence-electron chi connectivity index (χ0n) is 12.0. The molecular formula is C17H20O3. The van der Waals surface area contributed by atoms with Crippen molar-refractivity contribution < 1.29 is 14.7 Å². The fraction of sp³-hybridized carbons (Fsp3) is 0.294. The van der Waals surface area contributed by atoms with Crippen LogP contribution in [0.5, 0.6) is 0 Å². The lowest BCUT2D eigenvalue weighted by Gasteiger charge is -2.18. The molecule has 1 N–H and O–H groups in total. The maximum absolute atomic E-state index is 10.7. The highest BCUT2D eigenvalue weighted by Crippen LogP contribution is 2.20. The van der Waals surface area contributed by atoms with E-state index in [0.717, 1.165) is 0 Å². The number of hydrogen-bond donors (Lipinski definition) is 1. The van der Waals surface area contributed by atoms with Crippen LogP contribution in [0.15, 0.2) is 54.6 Å². The Morgan fingerprint density at radius 1 is 1.10 bits per heavy atom. The monoisotopic (exact) mass is 272 g/mol. The van der Waals surface area contributed by atoms with Crippen LogP contribution in [0.4, 0.5) is 0 Å². The Morgan fingerprint density at radius 2 is 1.70 bits per heavy atom. The normalized spacial score (nSPS) is 17.4. The molecule has 1 aliphatic carbocycles. The number of carbonyl (C=O) groups is 2. The third-order valence-corrected chi connectivity index (χ3v) is 2.89. The Labute approximate surface area is 119 Å². The Balaban J connectivity index is 0.000000200. The minimum absolute atomic E-state index is 0.293. The van der Waals surface area contributed by atoms with Crippen LogP contribution < -0.4 is 0 Å². The molecule has 3 nitrogen and oxygen atoms in total. The van der Waals surface area contributed by atoms with Gasteiger partial charge in [-0.2, -0.15) is 0 Å². The maximum Gasteiger partial charge on any atom is 0.318 e. The van der Waals surface area contributed by atoms with Crippen LogP contribution in [-0.2, 0) is 15.0 Å². The molecule has 106 valence electrons. The average Bonchev–Trinajstić information content (AvgIpc) is 2.40. The minimum atomic E-state index is -1.09. The molecule has 0 aromatic heterocycles. The zero-order chi connectivity index (χ0) is 15.2. The van der Waals surface area contributed by atoms with Crippen LogP contribution in [-0.4, -0.2) is 16.9 Å². The molecule has 1 aromatic rings. The van der Waals surface area contributed by atoms with Crippen molar-refractivity contribution in [1.29, 1.82) is 0 Å². The van der Waals surface area contributed by atoms with Gasteiger partial charge in [0.15, 0.2) is 5.78 Å². The summed E-state index contributed by atoms with van der Waals surface area (Å²) in [5.41, 5.74) is 1.69. The van der Waals surface area contributed by atoms with Gasteiger partial charge in [-0.15, -0.1) is 0 Å². The number of carbonyl (C=O) groups excluding carboxylic acids is 1. The first kappa shape index (κ1) is 15.9. The second kappa shape index (κ2) is 6.85. The van der Waals surface area contributed by atoms with Gasteiger partial charge in [-0.3, -0.25) is 9.59 Å². The van der Waals surface area contributed by atoms with E-state index in [1.165, 1.54) is 23.8 Å². The van der Waals surface area contributed by atoms with E-state index in [0.29, 0.717) is 5.41 Å². The molecule has 0 spiro atoms. The fourth-order valence-corrected chi connectivity index (χ4v) is 1.67. The van der Waals surface area contributed by atoms with Crippen molar-refractivity contribution in [3.05, 3.63) is 60.2 Å². The third-order valence-electron chi connectivity index (χ3n) is 2.89. The van der Waals surface area contributed by atoms with Crippen molar-refractivity contribution in [2.45, 2.75) is 26.2 Å². The molecule has 0 fully saturated rings. The van der Waals surface area contributed by atoms with E-state index in [1.807, 2.05) is 0 Å². The molecule has 2 rings (SSSR count). The Bertz CT molecular complexity index is 519. The van der Waals surface area contributed by atoms with E-state index in [4.69, 9.17) is 5.11 Å². The summed E-state index contributed by atoms with van der Waals surface area (Å²) in [4.78, 5) is 21.0. The van der Waals surface area contributed by atoms with Gasteiger partial charge in [-0.05, 0) is 17.1 Å². The molecule has 3 heteroatoms. The van der Waals surface area contributed by atoms with Gasteiger partial charge >= 0.3 is 5.97 Å². The summed E-state index contributed by atoms with van der Waals surface area (Å²) in [7, 11) is 0. The number of benzene rings is 1. The van der Waals surface area contributed by atoms with Gasteiger partial charge in [0.1, 0.15) is 5.92 Å². The molecular weight excluding hydrogens is 252 g/mol. The first-order chi connectivity index (χ1) is 9.32. The summed E-state index contributed by atoms with van der Waals surface area (Å²) in [5, 5.41) is 8.40. The topological polar surface area (TPSA) is 54.4 Å². The lowest BCUT2D eigenvalue weighted by Crippen LogP contribution is -2.21. The Kier molecular flexibility index (Phi) is 5.44. The van der Waals surface area contributed by atoms with Crippen LogP contribution in [0.1, 0.15) is 26.3 Å². The third kappa shape index (κ3) is 4.84. The summed E-state index contributed by atoms with van der Waals surface area (Å²) in [5.74, 6) is -2.43. The van der Waals surface area contributed by atoms with Gasteiger partial charge in [-0.1, -0.05) is 69.3 Å². The van der Waals surface area contributed by atoms with Gasteiger partial charge in [0.2, 0.25) is 0 Å². The van der Waals surface area contributed by atoms with E-state index in [9.17, 15) is 9.59 Å². The fourth-order valence-electron chi connectivity index (χ4n) is 1.67. The van der Waals surface area contributed by atoms with Gasteiger partial charge < -0.3 is 5.11 Å². The molecule has 20 heavy (non-hydrogen) atoms. The van der Waals surface area contributed by atoms with Crippen molar-refractivity contribution in [3.63, 3.8) is 0 Å². The molecule has 0 aliphatic heterocycles. The highest BCUT2D eigenvalue weighted by molar-refractivity contribution is 6.06. The molecule has 0 saturated heterocycles. The molecule has 0 radical (unpaired) electrons.